The molecule has 0 saturated carbocycles. The number of rotatable bonds is 5. The summed E-state index contributed by atoms with van der Waals surface area (Å²) < 4.78 is 23.8. The molecular weight excluding hydrogens is 425 g/mol. The van der Waals surface area contributed by atoms with Crippen molar-refractivity contribution in [2.45, 2.75) is 44.9 Å². The Labute approximate surface area is 173 Å². The number of nitrogens with zero attached hydrogens (tertiary/aromatic N) is 2. The highest BCUT2D eigenvalue weighted by Crippen LogP contribution is 2.21. The molecule has 12 heteroatoms. The number of amides is 2. The fraction of sp³-hybridized carbons (Fsp3) is 0.529. The van der Waals surface area contributed by atoms with Gasteiger partial charge < -0.3 is 19.6 Å². The van der Waals surface area contributed by atoms with Crippen LogP contribution in [0.4, 0.5) is 9.18 Å². The topological polar surface area (TPSA) is 118 Å². The predicted molar refractivity (Wildman–Crippen MR) is 102 cm³/mol. The number of carboxylic acid groups (broad SMARTS) is 1. The maximum atomic E-state index is 13.3. The average Bonchev–Trinajstić information content (AvgIpc) is 2.61. The van der Waals surface area contributed by atoms with Gasteiger partial charge >= 0.3 is 12.1 Å². The normalized spacial score (nSPS) is 17.6. The number of nitrogens with one attached hydrogen (secondary N) is 1. The van der Waals surface area contributed by atoms with Crippen LogP contribution in [-0.4, -0.2) is 66.3 Å². The number of hydrogen-bond acceptors (Lipinski definition) is 6. The summed E-state index contributed by atoms with van der Waals surface area (Å²) in [5, 5.41) is 9.08. The molecule has 1 aromatic heterocycles. The molecule has 2 amide bonds. The summed E-state index contributed by atoms with van der Waals surface area (Å²) in [7, 11) is -1.61. The molecule has 1 aliphatic heterocycles. The average molecular weight is 447 g/mol. The molecule has 0 bridgehead atoms. The van der Waals surface area contributed by atoms with Crippen LogP contribution >= 0.6 is 11.6 Å². The Hall–Kier alpha value is -2.40. The van der Waals surface area contributed by atoms with E-state index in [1.807, 2.05) is 0 Å². The quantitative estimate of drug-likeness (QED) is 0.524. The SMILES string of the molecule is CC(C)(C)OC(=O)N1C[Si](NC(=O)COc2cnc(Cl)c(F)c2)CC[C@@H]1C(=O)O. The fourth-order valence-electron chi connectivity index (χ4n) is 2.60. The molecule has 0 aromatic carbocycles. The van der Waals surface area contributed by atoms with Gasteiger partial charge in [0.05, 0.1) is 6.20 Å². The Morgan fingerprint density at radius 2 is 2.14 bits per heavy atom. The van der Waals surface area contributed by atoms with Crippen LogP contribution in [0.15, 0.2) is 12.3 Å². The first-order chi connectivity index (χ1) is 13.5. The minimum absolute atomic E-state index is 0.0456. The standard InChI is InChI=1S/C17H22ClFN3O6Si/c1-17(2,3)28-16(26)22-9-29(5-4-12(22)15(24)25)21-13(23)8-27-10-6-11(19)14(18)20-7-10/h6-7,12H,4-5,8-9H2,1-3H3,(H,21,23)(H,24,25)/t12-/m1/s1. The maximum Gasteiger partial charge on any atom is 0.410 e. The highest BCUT2D eigenvalue weighted by molar-refractivity contribution is 6.59. The highest BCUT2D eigenvalue weighted by Gasteiger charge is 2.39. The van der Waals surface area contributed by atoms with Crippen molar-refractivity contribution >= 4 is 38.5 Å². The largest absolute Gasteiger partial charge is 0.482 e. The molecule has 29 heavy (non-hydrogen) atoms. The molecule has 1 radical (unpaired) electrons. The van der Waals surface area contributed by atoms with Gasteiger partial charge in [0.2, 0.25) is 5.91 Å². The van der Waals surface area contributed by atoms with Crippen LogP contribution in [-0.2, 0) is 14.3 Å². The first-order valence-corrected chi connectivity index (χ1v) is 11.1. The number of carboxylic acids is 1. The second-order valence-electron chi connectivity index (χ2n) is 7.39. The summed E-state index contributed by atoms with van der Waals surface area (Å²) in [4.78, 5) is 43.5. The van der Waals surface area contributed by atoms with Gasteiger partial charge in [-0.05, 0) is 33.2 Å². The van der Waals surface area contributed by atoms with E-state index in [0.717, 1.165) is 11.0 Å². The van der Waals surface area contributed by atoms with E-state index in [1.165, 1.54) is 6.20 Å². The van der Waals surface area contributed by atoms with Crippen LogP contribution in [0, 0.1) is 5.82 Å². The van der Waals surface area contributed by atoms with E-state index >= 15 is 0 Å². The second-order valence-corrected chi connectivity index (χ2v) is 10.0. The molecule has 2 rings (SSSR count). The number of carbonyl (C=O) groups is 3. The van der Waals surface area contributed by atoms with Crippen molar-refractivity contribution in [3.05, 3.63) is 23.2 Å². The third kappa shape index (κ3) is 6.86. The lowest BCUT2D eigenvalue weighted by Crippen LogP contribution is -2.59. The molecule has 1 aliphatic rings. The number of pyridine rings is 1. The zero-order valence-electron chi connectivity index (χ0n) is 16.2. The third-order valence-electron chi connectivity index (χ3n) is 3.83. The summed E-state index contributed by atoms with van der Waals surface area (Å²) in [6, 6.07) is 0.471. The predicted octanol–water partition coefficient (Wildman–Crippen LogP) is 1.99. The van der Waals surface area contributed by atoms with Crippen molar-refractivity contribution < 1.29 is 33.4 Å². The van der Waals surface area contributed by atoms with Gasteiger partial charge in [0.15, 0.2) is 26.5 Å². The van der Waals surface area contributed by atoms with E-state index in [1.54, 1.807) is 20.8 Å². The Balaban J connectivity index is 1.94. The molecule has 159 valence electrons. The number of aliphatic carboxylic acids is 1. The van der Waals surface area contributed by atoms with Crippen molar-refractivity contribution in [2.75, 3.05) is 12.8 Å². The molecule has 0 spiro atoms. The molecule has 1 atom stereocenters. The zero-order valence-corrected chi connectivity index (χ0v) is 18.0. The highest BCUT2D eigenvalue weighted by atomic mass is 35.5. The van der Waals surface area contributed by atoms with Crippen molar-refractivity contribution in [1.82, 2.24) is 14.9 Å². The smallest absolute Gasteiger partial charge is 0.410 e. The van der Waals surface area contributed by atoms with Crippen molar-refractivity contribution in [2.24, 2.45) is 0 Å². The van der Waals surface area contributed by atoms with Crippen molar-refractivity contribution in [3.8, 4) is 5.75 Å². The number of ether oxygens (including phenoxy) is 2. The zero-order chi connectivity index (χ0) is 21.8. The van der Waals surface area contributed by atoms with Gasteiger partial charge in [-0.15, -0.1) is 0 Å². The molecular formula is C17H22ClFN3O6Si. The van der Waals surface area contributed by atoms with Gasteiger partial charge in [-0.2, -0.15) is 0 Å². The van der Waals surface area contributed by atoms with Crippen LogP contribution in [0.3, 0.4) is 0 Å². The van der Waals surface area contributed by atoms with E-state index < -0.39 is 44.4 Å². The molecule has 1 aromatic rings. The van der Waals surface area contributed by atoms with Gasteiger partial charge in [0.25, 0.3) is 0 Å². The van der Waals surface area contributed by atoms with Crippen LogP contribution in [0.5, 0.6) is 5.75 Å². The van der Waals surface area contributed by atoms with Gasteiger partial charge in [-0.1, -0.05) is 11.6 Å². The number of aromatic nitrogens is 1. The third-order valence-corrected chi connectivity index (χ3v) is 6.35. The number of hydrogen-bond donors (Lipinski definition) is 2. The molecule has 1 saturated heterocycles. The molecule has 1 fully saturated rings. The second kappa shape index (κ2) is 9.40. The lowest BCUT2D eigenvalue weighted by molar-refractivity contribution is -0.143. The van der Waals surface area contributed by atoms with Gasteiger partial charge in [-0.25, -0.2) is 19.0 Å². The monoisotopic (exact) mass is 446 g/mol. The Morgan fingerprint density at radius 1 is 1.45 bits per heavy atom. The Bertz CT molecular complexity index is 791. The molecule has 0 unspecified atom stereocenters. The minimum atomic E-state index is -1.61. The van der Waals surface area contributed by atoms with Gasteiger partial charge in [-0.3, -0.25) is 9.69 Å². The van der Waals surface area contributed by atoms with Crippen molar-refractivity contribution in [3.63, 3.8) is 0 Å². The molecule has 9 nitrogen and oxygen atoms in total. The molecule has 2 heterocycles. The summed E-state index contributed by atoms with van der Waals surface area (Å²) >= 11 is 5.48. The van der Waals surface area contributed by atoms with E-state index in [4.69, 9.17) is 21.1 Å². The van der Waals surface area contributed by atoms with Crippen LogP contribution in [0.1, 0.15) is 27.2 Å². The summed E-state index contributed by atoms with van der Waals surface area (Å²) in [6.45, 7) is 4.67. The van der Waals surface area contributed by atoms with E-state index in [0.29, 0.717) is 6.04 Å². The van der Waals surface area contributed by atoms with E-state index in [2.05, 4.69) is 9.97 Å². The van der Waals surface area contributed by atoms with E-state index in [-0.39, 0.29) is 30.1 Å². The summed E-state index contributed by atoms with van der Waals surface area (Å²) in [5.41, 5.74) is -0.774. The molecule has 2 N–H and O–H groups in total. The van der Waals surface area contributed by atoms with Gasteiger partial charge in [0, 0.05) is 12.2 Å². The minimum Gasteiger partial charge on any atom is -0.482 e. The van der Waals surface area contributed by atoms with Crippen LogP contribution in [0.25, 0.3) is 0 Å². The summed E-state index contributed by atoms with van der Waals surface area (Å²) in [5.74, 6) is -2.31. The fourth-order valence-corrected chi connectivity index (χ4v) is 4.91. The first-order valence-electron chi connectivity index (χ1n) is 8.77. The van der Waals surface area contributed by atoms with Crippen molar-refractivity contribution in [1.29, 1.82) is 0 Å². The Kier molecular flexibility index (Phi) is 7.41. The summed E-state index contributed by atoms with van der Waals surface area (Å²) in [6.07, 6.45) is 0.741. The van der Waals surface area contributed by atoms with Crippen LogP contribution < -0.4 is 9.72 Å². The molecule has 0 aliphatic carbocycles. The maximum absolute atomic E-state index is 13.3. The van der Waals surface area contributed by atoms with Gasteiger partial charge in [0.1, 0.15) is 17.4 Å². The lowest BCUT2D eigenvalue weighted by Gasteiger charge is -2.37. The Morgan fingerprint density at radius 3 is 2.72 bits per heavy atom. The first kappa shape index (κ1) is 22.9. The van der Waals surface area contributed by atoms with Crippen LogP contribution in [0.2, 0.25) is 11.2 Å². The number of halogens is 2. The van der Waals surface area contributed by atoms with E-state index in [9.17, 15) is 23.9 Å². The number of carbonyl (C=O) groups excluding carboxylic acids is 2. The lowest BCUT2D eigenvalue weighted by atomic mass is 10.2.